The lowest BCUT2D eigenvalue weighted by Crippen LogP contribution is -2.38. The van der Waals surface area contributed by atoms with E-state index in [1.54, 1.807) is 0 Å². The topological polar surface area (TPSA) is 79.8 Å². The van der Waals surface area contributed by atoms with E-state index in [0.717, 1.165) is 24.2 Å². The largest absolute Gasteiger partial charge is 0.494 e. The van der Waals surface area contributed by atoms with Crippen LogP contribution >= 0.6 is 0 Å². The molecule has 106 valence electrons. The van der Waals surface area contributed by atoms with Crippen LogP contribution in [-0.2, 0) is 9.59 Å². The van der Waals surface area contributed by atoms with E-state index < -0.39 is 11.8 Å². The first-order chi connectivity index (χ1) is 9.69. The predicted octanol–water partition coefficient (Wildman–Crippen LogP) is 0.814. The third-order valence-corrected chi connectivity index (χ3v) is 2.69. The number of amides is 2. The van der Waals surface area contributed by atoms with Crippen LogP contribution in [0.3, 0.4) is 0 Å². The zero-order valence-electron chi connectivity index (χ0n) is 11.3. The van der Waals surface area contributed by atoms with E-state index in [4.69, 9.17) is 4.74 Å². The number of carbonyl (C=O) groups is 2. The standard InChI is InChI=1S/C14H17N3O3/c1-2-20-12-7-3-10(4-8-12)9-15-17-14(19)13(18)16-11-5-6-11/h3-4,7-9,11H,2,5-6H2,1H3,(H,16,18)(H,17,19)/b15-9-. The molecule has 6 nitrogen and oxygen atoms in total. The molecule has 0 heterocycles. The molecule has 2 amide bonds. The molecular weight excluding hydrogens is 258 g/mol. The second-order valence-corrected chi connectivity index (χ2v) is 4.45. The van der Waals surface area contributed by atoms with Crippen molar-refractivity contribution >= 4 is 18.0 Å². The van der Waals surface area contributed by atoms with E-state index in [1.165, 1.54) is 6.21 Å². The lowest BCUT2D eigenvalue weighted by molar-refractivity contribution is -0.139. The van der Waals surface area contributed by atoms with Crippen LogP contribution in [0.25, 0.3) is 0 Å². The van der Waals surface area contributed by atoms with Gasteiger partial charge in [0.15, 0.2) is 0 Å². The van der Waals surface area contributed by atoms with Gasteiger partial charge in [-0.1, -0.05) is 0 Å². The lowest BCUT2D eigenvalue weighted by Gasteiger charge is -2.02. The Balaban J connectivity index is 1.79. The van der Waals surface area contributed by atoms with Gasteiger partial charge in [-0.15, -0.1) is 0 Å². The molecule has 0 bridgehead atoms. The molecule has 1 aromatic carbocycles. The van der Waals surface area contributed by atoms with Crippen molar-refractivity contribution in [2.24, 2.45) is 5.10 Å². The van der Waals surface area contributed by atoms with Crippen molar-refractivity contribution in [2.45, 2.75) is 25.8 Å². The zero-order chi connectivity index (χ0) is 14.4. The molecule has 0 aliphatic heterocycles. The third kappa shape index (κ3) is 4.38. The van der Waals surface area contributed by atoms with Crippen molar-refractivity contribution in [2.75, 3.05) is 6.61 Å². The first-order valence-electron chi connectivity index (χ1n) is 6.56. The average molecular weight is 275 g/mol. The molecule has 2 N–H and O–H groups in total. The highest BCUT2D eigenvalue weighted by Crippen LogP contribution is 2.18. The summed E-state index contributed by atoms with van der Waals surface area (Å²) in [5.41, 5.74) is 2.99. The monoisotopic (exact) mass is 275 g/mol. The number of nitrogens with one attached hydrogen (secondary N) is 2. The van der Waals surface area contributed by atoms with Gasteiger partial charge in [-0.05, 0) is 49.6 Å². The Kier molecular flexibility index (Phi) is 4.70. The smallest absolute Gasteiger partial charge is 0.329 e. The number of carbonyl (C=O) groups excluding carboxylic acids is 2. The Labute approximate surface area is 117 Å². The van der Waals surface area contributed by atoms with E-state index in [9.17, 15) is 9.59 Å². The molecule has 0 aromatic heterocycles. The number of nitrogens with zero attached hydrogens (tertiary/aromatic N) is 1. The molecule has 1 aromatic rings. The summed E-state index contributed by atoms with van der Waals surface area (Å²) in [6.45, 7) is 2.52. The summed E-state index contributed by atoms with van der Waals surface area (Å²) in [5, 5.41) is 6.32. The van der Waals surface area contributed by atoms with E-state index in [2.05, 4.69) is 15.8 Å². The van der Waals surface area contributed by atoms with Crippen LogP contribution in [0.2, 0.25) is 0 Å². The van der Waals surface area contributed by atoms with Gasteiger partial charge in [-0.2, -0.15) is 5.10 Å². The van der Waals surface area contributed by atoms with E-state index >= 15 is 0 Å². The number of hydrogen-bond acceptors (Lipinski definition) is 4. The number of ether oxygens (including phenoxy) is 1. The van der Waals surface area contributed by atoms with E-state index in [1.807, 2.05) is 31.2 Å². The molecule has 0 unspecified atom stereocenters. The Morgan fingerprint density at radius 3 is 2.60 bits per heavy atom. The molecule has 1 fully saturated rings. The van der Waals surface area contributed by atoms with Crippen LogP contribution in [0, 0.1) is 0 Å². The molecular formula is C14H17N3O3. The van der Waals surface area contributed by atoms with Gasteiger partial charge in [0.05, 0.1) is 12.8 Å². The van der Waals surface area contributed by atoms with Gasteiger partial charge >= 0.3 is 11.8 Å². The molecule has 1 aliphatic carbocycles. The van der Waals surface area contributed by atoms with Crippen molar-refractivity contribution in [3.05, 3.63) is 29.8 Å². The molecule has 0 spiro atoms. The van der Waals surface area contributed by atoms with Gasteiger partial charge in [0.25, 0.3) is 0 Å². The zero-order valence-corrected chi connectivity index (χ0v) is 11.3. The highest BCUT2D eigenvalue weighted by atomic mass is 16.5. The number of benzene rings is 1. The second-order valence-electron chi connectivity index (χ2n) is 4.45. The fraction of sp³-hybridized carbons (Fsp3) is 0.357. The average Bonchev–Trinajstić information content (AvgIpc) is 3.25. The molecule has 2 rings (SSSR count). The normalized spacial score (nSPS) is 14.1. The van der Waals surface area contributed by atoms with E-state index in [0.29, 0.717) is 6.61 Å². The summed E-state index contributed by atoms with van der Waals surface area (Å²) >= 11 is 0. The highest BCUT2D eigenvalue weighted by Gasteiger charge is 2.26. The Bertz CT molecular complexity index is 507. The molecule has 1 saturated carbocycles. The van der Waals surface area contributed by atoms with Crippen LogP contribution in [0.5, 0.6) is 5.75 Å². The summed E-state index contributed by atoms with van der Waals surface area (Å²) < 4.78 is 5.31. The molecule has 0 radical (unpaired) electrons. The van der Waals surface area contributed by atoms with Crippen LogP contribution in [0.15, 0.2) is 29.4 Å². The third-order valence-electron chi connectivity index (χ3n) is 2.69. The Morgan fingerprint density at radius 2 is 2.00 bits per heavy atom. The van der Waals surface area contributed by atoms with Crippen molar-refractivity contribution < 1.29 is 14.3 Å². The molecule has 1 aliphatic rings. The van der Waals surface area contributed by atoms with Crippen LogP contribution in [-0.4, -0.2) is 30.7 Å². The van der Waals surface area contributed by atoms with Crippen molar-refractivity contribution in [3.63, 3.8) is 0 Å². The van der Waals surface area contributed by atoms with Crippen LogP contribution in [0.1, 0.15) is 25.3 Å². The molecule has 0 atom stereocenters. The summed E-state index contributed by atoms with van der Waals surface area (Å²) in [6.07, 6.45) is 3.35. The number of hydrazone groups is 1. The van der Waals surface area contributed by atoms with E-state index in [-0.39, 0.29) is 6.04 Å². The Morgan fingerprint density at radius 1 is 1.30 bits per heavy atom. The number of hydrogen-bond donors (Lipinski definition) is 2. The molecule has 20 heavy (non-hydrogen) atoms. The minimum absolute atomic E-state index is 0.156. The maximum atomic E-state index is 11.4. The summed E-state index contributed by atoms with van der Waals surface area (Å²) in [4.78, 5) is 22.7. The van der Waals surface area contributed by atoms with Crippen molar-refractivity contribution in [3.8, 4) is 5.75 Å². The Hall–Kier alpha value is -2.37. The summed E-state index contributed by atoms with van der Waals surface area (Å²) in [7, 11) is 0. The van der Waals surface area contributed by atoms with Gasteiger partial charge in [0.2, 0.25) is 0 Å². The van der Waals surface area contributed by atoms with Gasteiger partial charge in [0.1, 0.15) is 5.75 Å². The molecule has 6 heteroatoms. The van der Waals surface area contributed by atoms with Gasteiger partial charge in [-0.3, -0.25) is 9.59 Å². The van der Waals surface area contributed by atoms with Crippen LogP contribution < -0.4 is 15.5 Å². The quantitative estimate of drug-likeness (QED) is 0.474. The van der Waals surface area contributed by atoms with Gasteiger partial charge in [0, 0.05) is 6.04 Å². The number of rotatable bonds is 5. The highest BCUT2D eigenvalue weighted by molar-refractivity contribution is 6.35. The summed E-state index contributed by atoms with van der Waals surface area (Å²) in [6, 6.07) is 7.40. The molecule has 0 saturated heterocycles. The van der Waals surface area contributed by atoms with Crippen molar-refractivity contribution in [1.82, 2.24) is 10.7 Å². The van der Waals surface area contributed by atoms with Gasteiger partial charge < -0.3 is 10.1 Å². The first kappa shape index (κ1) is 14.0. The maximum Gasteiger partial charge on any atom is 0.329 e. The SMILES string of the molecule is CCOc1ccc(/C=N\NC(=O)C(=O)NC2CC2)cc1. The van der Waals surface area contributed by atoms with Crippen LogP contribution in [0.4, 0.5) is 0 Å². The minimum atomic E-state index is -0.751. The fourth-order valence-corrected chi connectivity index (χ4v) is 1.51. The lowest BCUT2D eigenvalue weighted by atomic mass is 10.2. The maximum absolute atomic E-state index is 11.4. The summed E-state index contributed by atoms with van der Waals surface area (Å²) in [5.74, 6) is -0.618. The predicted molar refractivity (Wildman–Crippen MR) is 74.5 cm³/mol. The van der Waals surface area contributed by atoms with Gasteiger partial charge in [-0.25, -0.2) is 5.43 Å². The minimum Gasteiger partial charge on any atom is -0.494 e. The van der Waals surface area contributed by atoms with Crippen molar-refractivity contribution in [1.29, 1.82) is 0 Å². The second kappa shape index (κ2) is 6.70. The fourth-order valence-electron chi connectivity index (χ4n) is 1.51. The first-order valence-corrected chi connectivity index (χ1v) is 6.56.